The van der Waals surface area contributed by atoms with Gasteiger partial charge >= 0.3 is 0 Å². The Morgan fingerprint density at radius 3 is 1.84 bits per heavy atom. The molecule has 4 heteroatoms. The standard InChI is InChI=1S/C27H35IOSi2/c1-27(2,3)31(25-18-9-7-10-19-25,26-20-11-8-12-21-26)29-24(16-13-14-22-28)17-15-23-30(4,5)6/h7-14,16,18-22,24H,17H2,1-6H3/t24-/m0/s1. The molecule has 31 heavy (non-hydrogen) atoms. The van der Waals surface area contributed by atoms with Gasteiger partial charge < -0.3 is 4.43 Å². The molecule has 0 aliphatic rings. The molecule has 0 fully saturated rings. The fourth-order valence-corrected chi connectivity index (χ4v) is 9.22. The van der Waals surface area contributed by atoms with Gasteiger partial charge in [0.1, 0.15) is 8.07 Å². The topological polar surface area (TPSA) is 9.23 Å². The highest BCUT2D eigenvalue weighted by Crippen LogP contribution is 2.38. The molecular weight excluding hydrogens is 523 g/mol. The van der Waals surface area contributed by atoms with Crippen LogP contribution in [0.2, 0.25) is 24.7 Å². The summed E-state index contributed by atoms with van der Waals surface area (Å²) in [6.45, 7) is 13.8. The van der Waals surface area contributed by atoms with Crippen LogP contribution in [0, 0.1) is 11.5 Å². The highest BCUT2D eigenvalue weighted by molar-refractivity contribution is 14.1. The summed E-state index contributed by atoms with van der Waals surface area (Å²) in [4.78, 5) is 0. The van der Waals surface area contributed by atoms with Crippen LogP contribution in [-0.2, 0) is 4.43 Å². The van der Waals surface area contributed by atoms with Crippen molar-refractivity contribution in [2.24, 2.45) is 0 Å². The first-order chi connectivity index (χ1) is 14.6. The Hall–Kier alpha value is -1.40. The van der Waals surface area contributed by atoms with Crippen molar-refractivity contribution < 1.29 is 4.43 Å². The lowest BCUT2D eigenvalue weighted by Crippen LogP contribution is -2.67. The number of allylic oxidation sites excluding steroid dienone is 2. The lowest BCUT2D eigenvalue weighted by molar-refractivity contribution is 0.238. The second-order valence-electron chi connectivity index (χ2n) is 9.78. The zero-order chi connectivity index (χ0) is 23.0. The lowest BCUT2D eigenvalue weighted by atomic mass is 10.2. The summed E-state index contributed by atoms with van der Waals surface area (Å²) in [7, 11) is -4.03. The Morgan fingerprint density at radius 1 is 0.903 bits per heavy atom. The third-order valence-electron chi connectivity index (χ3n) is 5.02. The molecule has 2 rings (SSSR count). The van der Waals surface area contributed by atoms with Gasteiger partial charge in [0.05, 0.1) is 6.10 Å². The molecule has 2 aromatic rings. The predicted octanol–water partition coefficient (Wildman–Crippen LogP) is 6.71. The van der Waals surface area contributed by atoms with E-state index in [1.807, 2.05) is 10.2 Å². The van der Waals surface area contributed by atoms with Crippen molar-refractivity contribution in [1.82, 2.24) is 0 Å². The first-order valence-corrected chi connectivity index (χ1v) is 17.5. The van der Waals surface area contributed by atoms with Crippen molar-refractivity contribution in [2.75, 3.05) is 0 Å². The van der Waals surface area contributed by atoms with Crippen LogP contribution in [0.3, 0.4) is 0 Å². The minimum atomic E-state index is -2.60. The Labute approximate surface area is 205 Å². The minimum absolute atomic E-state index is 0.0485. The maximum atomic E-state index is 7.26. The first kappa shape index (κ1) is 25.9. The van der Waals surface area contributed by atoms with Crippen molar-refractivity contribution >= 4 is 49.4 Å². The van der Waals surface area contributed by atoms with Gasteiger partial charge in [0.25, 0.3) is 8.32 Å². The average molecular weight is 559 g/mol. The van der Waals surface area contributed by atoms with E-state index < -0.39 is 16.4 Å². The summed E-state index contributed by atoms with van der Waals surface area (Å²) < 4.78 is 9.28. The van der Waals surface area contributed by atoms with Crippen LogP contribution in [0.25, 0.3) is 0 Å². The molecule has 0 saturated carbocycles. The number of hydrogen-bond donors (Lipinski definition) is 0. The summed E-state index contributed by atoms with van der Waals surface area (Å²) in [5.41, 5.74) is 3.52. The van der Waals surface area contributed by atoms with Crippen molar-refractivity contribution in [3.63, 3.8) is 0 Å². The molecular formula is C27H35IOSi2. The maximum Gasteiger partial charge on any atom is 0.261 e. The first-order valence-electron chi connectivity index (χ1n) is 10.8. The van der Waals surface area contributed by atoms with Gasteiger partial charge in [-0.25, -0.2) is 0 Å². The Bertz CT molecular complexity index is 887. The lowest BCUT2D eigenvalue weighted by Gasteiger charge is -2.44. The third-order valence-corrected chi connectivity index (χ3v) is 11.4. The highest BCUT2D eigenvalue weighted by atomic mass is 127. The van der Waals surface area contributed by atoms with E-state index in [4.69, 9.17) is 4.43 Å². The molecule has 0 heterocycles. The summed E-state index contributed by atoms with van der Waals surface area (Å²) in [5, 5.41) is 2.55. The second kappa shape index (κ2) is 11.5. The molecule has 0 radical (unpaired) electrons. The molecule has 0 aromatic heterocycles. The van der Waals surface area contributed by atoms with E-state index in [1.165, 1.54) is 10.4 Å². The van der Waals surface area contributed by atoms with Crippen molar-refractivity contribution in [1.29, 1.82) is 0 Å². The van der Waals surface area contributed by atoms with Gasteiger partial charge in [-0.3, -0.25) is 0 Å². The molecule has 1 atom stereocenters. The number of hydrogen-bond acceptors (Lipinski definition) is 1. The molecule has 164 valence electrons. The van der Waals surface area contributed by atoms with Gasteiger partial charge in [-0.2, -0.15) is 0 Å². The van der Waals surface area contributed by atoms with E-state index >= 15 is 0 Å². The summed E-state index contributed by atoms with van der Waals surface area (Å²) >= 11 is 2.25. The predicted molar refractivity (Wildman–Crippen MR) is 151 cm³/mol. The van der Waals surface area contributed by atoms with Crippen LogP contribution in [-0.4, -0.2) is 22.5 Å². The Morgan fingerprint density at radius 2 is 1.42 bits per heavy atom. The molecule has 0 unspecified atom stereocenters. The summed E-state index contributed by atoms with van der Waals surface area (Å²) in [6, 6.07) is 21.6. The molecule has 0 saturated heterocycles. The largest absolute Gasteiger partial charge is 0.400 e. The number of benzene rings is 2. The Kier molecular flexibility index (Phi) is 9.56. The fraction of sp³-hybridized carbons (Fsp3) is 0.333. The smallest absolute Gasteiger partial charge is 0.261 e. The number of halogens is 1. The zero-order valence-corrected chi connectivity index (χ0v) is 23.8. The molecule has 0 spiro atoms. The van der Waals surface area contributed by atoms with Crippen LogP contribution in [0.1, 0.15) is 27.2 Å². The van der Waals surface area contributed by atoms with Crippen molar-refractivity contribution in [2.45, 2.75) is 58.0 Å². The fourth-order valence-electron chi connectivity index (χ4n) is 3.71. The van der Waals surface area contributed by atoms with E-state index in [2.05, 4.69) is 147 Å². The van der Waals surface area contributed by atoms with E-state index in [0.717, 1.165) is 0 Å². The van der Waals surface area contributed by atoms with Gasteiger partial charge in [-0.1, -0.05) is 142 Å². The quantitative estimate of drug-likeness (QED) is 0.159. The van der Waals surface area contributed by atoms with Crippen LogP contribution in [0.15, 0.2) is 83.0 Å². The van der Waals surface area contributed by atoms with Gasteiger partial charge in [0.2, 0.25) is 0 Å². The van der Waals surface area contributed by atoms with Gasteiger partial charge in [0.15, 0.2) is 0 Å². The average Bonchev–Trinajstić information content (AvgIpc) is 2.71. The molecule has 0 bridgehead atoms. The van der Waals surface area contributed by atoms with E-state index in [1.54, 1.807) is 0 Å². The highest BCUT2D eigenvalue weighted by Gasteiger charge is 2.51. The zero-order valence-electron chi connectivity index (χ0n) is 19.7. The molecule has 0 aliphatic heterocycles. The SMILES string of the molecule is CC(C)(C)[Si](O[C@@H](C=CC=CI)CC#C[Si](C)(C)C)(c1ccccc1)c1ccccc1. The van der Waals surface area contributed by atoms with Crippen molar-refractivity contribution in [3.8, 4) is 11.5 Å². The molecule has 0 aliphatic carbocycles. The van der Waals surface area contributed by atoms with E-state index in [0.29, 0.717) is 6.42 Å². The summed E-state index contributed by atoms with van der Waals surface area (Å²) in [5.74, 6) is 3.46. The van der Waals surface area contributed by atoms with E-state index in [9.17, 15) is 0 Å². The van der Waals surface area contributed by atoms with E-state index in [-0.39, 0.29) is 11.1 Å². The minimum Gasteiger partial charge on any atom is -0.400 e. The molecule has 2 aromatic carbocycles. The second-order valence-corrected chi connectivity index (χ2v) is 19.5. The van der Waals surface area contributed by atoms with Crippen LogP contribution in [0.4, 0.5) is 0 Å². The summed E-state index contributed by atoms with van der Waals surface area (Å²) in [6.07, 6.45) is 6.95. The van der Waals surface area contributed by atoms with Crippen LogP contribution >= 0.6 is 22.6 Å². The molecule has 1 nitrogen and oxygen atoms in total. The Balaban J connectivity index is 2.63. The molecule has 0 N–H and O–H groups in total. The maximum absolute atomic E-state index is 7.26. The monoisotopic (exact) mass is 558 g/mol. The normalized spacial score (nSPS) is 13.9. The van der Waals surface area contributed by atoms with Gasteiger partial charge in [0, 0.05) is 6.42 Å². The van der Waals surface area contributed by atoms with Crippen LogP contribution < -0.4 is 10.4 Å². The molecule has 0 amide bonds. The van der Waals surface area contributed by atoms with Gasteiger partial charge in [-0.15, -0.1) is 11.5 Å². The van der Waals surface area contributed by atoms with Gasteiger partial charge in [-0.05, 0) is 19.5 Å². The van der Waals surface area contributed by atoms with Crippen LogP contribution in [0.5, 0.6) is 0 Å². The number of rotatable bonds is 7. The third kappa shape index (κ3) is 7.32. The van der Waals surface area contributed by atoms with Crippen molar-refractivity contribution in [3.05, 3.63) is 83.0 Å².